The van der Waals surface area contributed by atoms with Gasteiger partial charge in [0.2, 0.25) is 0 Å². The van der Waals surface area contributed by atoms with Crippen LogP contribution in [0.2, 0.25) is 0 Å². The summed E-state index contributed by atoms with van der Waals surface area (Å²) in [4.78, 5) is 15.1. The number of rotatable bonds is 6. The van der Waals surface area contributed by atoms with E-state index in [4.69, 9.17) is 4.74 Å². The lowest BCUT2D eigenvalue weighted by Gasteiger charge is -2.22. The zero-order valence-corrected chi connectivity index (χ0v) is 16.1. The van der Waals surface area contributed by atoms with Gasteiger partial charge in [0.15, 0.2) is 0 Å². The first-order valence-corrected chi connectivity index (χ1v) is 9.00. The van der Waals surface area contributed by atoms with Crippen molar-refractivity contribution in [2.75, 3.05) is 18.6 Å². The molecule has 0 aliphatic heterocycles. The Bertz CT molecular complexity index is 903. The maximum atomic E-state index is 13.4. The zero-order valence-electron chi connectivity index (χ0n) is 14.0. The van der Waals surface area contributed by atoms with E-state index in [1.54, 1.807) is 18.1 Å². The third-order valence-corrected chi connectivity index (χ3v) is 5.09. The molecule has 3 rings (SSSR count). The van der Waals surface area contributed by atoms with E-state index in [0.717, 1.165) is 20.2 Å². The van der Waals surface area contributed by atoms with E-state index in [0.29, 0.717) is 19.0 Å². The van der Waals surface area contributed by atoms with E-state index in [9.17, 15) is 4.79 Å². The normalized spacial score (nSPS) is 10.8. The van der Waals surface area contributed by atoms with Gasteiger partial charge in [-0.15, -0.1) is 6.58 Å². The van der Waals surface area contributed by atoms with E-state index >= 15 is 0 Å². The SMILES string of the molecule is C=CCN(C(=O)c1c(I)c2ccccc2n1COC)c1ccccc1. The van der Waals surface area contributed by atoms with Crippen LogP contribution < -0.4 is 4.90 Å². The minimum atomic E-state index is -0.0660. The number of hydrogen-bond acceptors (Lipinski definition) is 2. The average molecular weight is 446 g/mol. The van der Waals surface area contributed by atoms with Gasteiger partial charge in [-0.2, -0.15) is 0 Å². The number of methoxy groups -OCH3 is 1. The fourth-order valence-electron chi connectivity index (χ4n) is 2.90. The lowest BCUT2D eigenvalue weighted by atomic mass is 10.2. The number of benzene rings is 2. The number of aromatic nitrogens is 1. The highest BCUT2D eigenvalue weighted by atomic mass is 127. The Balaban J connectivity index is 2.16. The predicted octanol–water partition coefficient (Wildman–Crippen LogP) is 4.68. The van der Waals surface area contributed by atoms with Gasteiger partial charge in [0.25, 0.3) is 5.91 Å². The number of para-hydroxylation sites is 2. The van der Waals surface area contributed by atoms with E-state index in [1.807, 2.05) is 59.2 Å². The zero-order chi connectivity index (χ0) is 17.8. The number of hydrogen-bond donors (Lipinski definition) is 0. The molecule has 0 atom stereocenters. The number of carbonyl (C=O) groups is 1. The van der Waals surface area contributed by atoms with Crippen LogP contribution in [0.4, 0.5) is 5.69 Å². The van der Waals surface area contributed by atoms with Gasteiger partial charge in [-0.05, 0) is 40.8 Å². The Morgan fingerprint density at radius 1 is 1.20 bits per heavy atom. The van der Waals surface area contributed by atoms with Crippen LogP contribution in [0.15, 0.2) is 67.3 Å². The Hall–Kier alpha value is -2.12. The van der Waals surface area contributed by atoms with Gasteiger partial charge in [-0.3, -0.25) is 4.79 Å². The highest BCUT2D eigenvalue weighted by Crippen LogP contribution is 2.30. The monoisotopic (exact) mass is 446 g/mol. The maximum Gasteiger partial charge on any atom is 0.276 e. The molecule has 1 heterocycles. The Morgan fingerprint density at radius 3 is 2.56 bits per heavy atom. The summed E-state index contributed by atoms with van der Waals surface area (Å²) in [5.74, 6) is -0.0660. The largest absolute Gasteiger partial charge is 0.364 e. The molecule has 25 heavy (non-hydrogen) atoms. The molecule has 0 saturated heterocycles. The van der Waals surface area contributed by atoms with Crippen molar-refractivity contribution in [2.24, 2.45) is 0 Å². The molecule has 128 valence electrons. The van der Waals surface area contributed by atoms with Gasteiger partial charge in [0.1, 0.15) is 12.4 Å². The first kappa shape index (κ1) is 17.7. The van der Waals surface area contributed by atoms with Gasteiger partial charge in [0, 0.05) is 24.7 Å². The average Bonchev–Trinajstić information content (AvgIpc) is 2.93. The molecule has 1 amide bonds. The number of halogens is 1. The molecule has 3 aromatic rings. The van der Waals surface area contributed by atoms with Gasteiger partial charge in [-0.1, -0.05) is 42.5 Å². The quantitative estimate of drug-likeness (QED) is 0.407. The van der Waals surface area contributed by atoms with E-state index in [1.165, 1.54) is 0 Å². The van der Waals surface area contributed by atoms with Crippen molar-refractivity contribution in [1.29, 1.82) is 0 Å². The predicted molar refractivity (Wildman–Crippen MR) is 110 cm³/mol. The van der Waals surface area contributed by atoms with Crippen molar-refractivity contribution >= 4 is 45.1 Å². The molecule has 0 bridgehead atoms. The van der Waals surface area contributed by atoms with Crippen molar-refractivity contribution in [2.45, 2.75) is 6.73 Å². The summed E-state index contributed by atoms with van der Waals surface area (Å²) in [6.07, 6.45) is 1.74. The molecule has 0 aliphatic rings. The molecule has 0 unspecified atom stereocenters. The molecule has 0 aliphatic carbocycles. The molecule has 2 aromatic carbocycles. The van der Waals surface area contributed by atoms with Crippen molar-refractivity contribution < 1.29 is 9.53 Å². The molecule has 0 N–H and O–H groups in total. The Labute approximate surface area is 160 Å². The van der Waals surface area contributed by atoms with Crippen molar-refractivity contribution in [3.05, 3.63) is 76.5 Å². The van der Waals surface area contributed by atoms with Crippen LogP contribution in [0.1, 0.15) is 10.5 Å². The standard InChI is InChI=1S/C20H19IN2O2/c1-3-13-22(15-9-5-4-6-10-15)20(24)19-18(21)16-11-7-8-12-17(16)23(19)14-25-2/h3-12H,1,13-14H2,2H3. The molecular formula is C20H19IN2O2. The fraction of sp³-hybridized carbons (Fsp3) is 0.150. The molecule has 5 heteroatoms. The number of ether oxygens (including phenoxy) is 1. The molecular weight excluding hydrogens is 427 g/mol. The van der Waals surface area contributed by atoms with Crippen LogP contribution >= 0.6 is 22.6 Å². The summed E-state index contributed by atoms with van der Waals surface area (Å²) in [7, 11) is 1.63. The first-order chi connectivity index (χ1) is 12.2. The summed E-state index contributed by atoms with van der Waals surface area (Å²) in [6.45, 7) is 4.56. The molecule has 1 aromatic heterocycles. The smallest absolute Gasteiger partial charge is 0.276 e. The summed E-state index contributed by atoms with van der Waals surface area (Å²) in [6, 6.07) is 17.6. The number of fused-ring (bicyclic) bond motifs is 1. The lowest BCUT2D eigenvalue weighted by molar-refractivity contribution is 0.0950. The lowest BCUT2D eigenvalue weighted by Crippen LogP contribution is -2.33. The summed E-state index contributed by atoms with van der Waals surface area (Å²) < 4.78 is 8.21. The van der Waals surface area contributed by atoms with Gasteiger partial charge in [0.05, 0.1) is 9.09 Å². The molecule has 4 nitrogen and oxygen atoms in total. The van der Waals surface area contributed by atoms with Crippen LogP contribution in [-0.2, 0) is 11.5 Å². The van der Waals surface area contributed by atoms with Crippen molar-refractivity contribution in [3.63, 3.8) is 0 Å². The van der Waals surface area contributed by atoms with E-state index < -0.39 is 0 Å². The highest BCUT2D eigenvalue weighted by Gasteiger charge is 2.25. The third kappa shape index (κ3) is 3.34. The third-order valence-electron chi connectivity index (χ3n) is 3.99. The number of amides is 1. The topological polar surface area (TPSA) is 34.5 Å². The number of anilines is 1. The summed E-state index contributed by atoms with van der Waals surface area (Å²) in [5.41, 5.74) is 2.47. The second-order valence-corrected chi connectivity index (χ2v) is 6.64. The van der Waals surface area contributed by atoms with Crippen LogP contribution in [0, 0.1) is 3.57 Å². The molecule has 0 saturated carbocycles. The maximum absolute atomic E-state index is 13.4. The van der Waals surface area contributed by atoms with E-state index in [2.05, 4.69) is 29.2 Å². The highest BCUT2D eigenvalue weighted by molar-refractivity contribution is 14.1. The van der Waals surface area contributed by atoms with E-state index in [-0.39, 0.29) is 5.91 Å². The van der Waals surface area contributed by atoms with Crippen molar-refractivity contribution in [1.82, 2.24) is 4.57 Å². The fourth-order valence-corrected chi connectivity index (χ4v) is 3.88. The number of carbonyl (C=O) groups excluding carboxylic acids is 1. The van der Waals surface area contributed by atoms with Crippen LogP contribution in [0.5, 0.6) is 0 Å². The summed E-state index contributed by atoms with van der Waals surface area (Å²) in [5, 5.41) is 1.05. The van der Waals surface area contributed by atoms with Crippen LogP contribution in [0.25, 0.3) is 10.9 Å². The van der Waals surface area contributed by atoms with Crippen LogP contribution in [0.3, 0.4) is 0 Å². The molecule has 0 radical (unpaired) electrons. The minimum absolute atomic E-state index is 0.0660. The van der Waals surface area contributed by atoms with Gasteiger partial charge < -0.3 is 14.2 Å². The summed E-state index contributed by atoms with van der Waals surface area (Å²) >= 11 is 2.25. The number of nitrogens with zero attached hydrogens (tertiary/aromatic N) is 2. The van der Waals surface area contributed by atoms with Crippen LogP contribution in [-0.4, -0.2) is 24.1 Å². The van der Waals surface area contributed by atoms with Gasteiger partial charge in [-0.25, -0.2) is 0 Å². The Morgan fingerprint density at radius 2 is 1.88 bits per heavy atom. The second-order valence-electron chi connectivity index (χ2n) is 5.57. The first-order valence-electron chi connectivity index (χ1n) is 7.92. The second kappa shape index (κ2) is 7.84. The molecule has 0 spiro atoms. The molecule has 0 fully saturated rings. The minimum Gasteiger partial charge on any atom is -0.364 e. The van der Waals surface area contributed by atoms with Gasteiger partial charge >= 0.3 is 0 Å². The Kier molecular flexibility index (Phi) is 5.55. The van der Waals surface area contributed by atoms with Crippen molar-refractivity contribution in [3.8, 4) is 0 Å².